The molecule has 4 aliphatic rings. The van der Waals surface area contributed by atoms with Crippen molar-refractivity contribution in [3.63, 3.8) is 0 Å². The molecular formula is C22H32O4. The molecule has 26 heavy (non-hydrogen) atoms. The van der Waals surface area contributed by atoms with Crippen LogP contribution in [0, 0.1) is 46.3 Å². The molecule has 0 bridgehead atoms. The van der Waals surface area contributed by atoms with Crippen LogP contribution in [-0.2, 0) is 9.59 Å². The van der Waals surface area contributed by atoms with Crippen LogP contribution in [0.3, 0.4) is 0 Å². The van der Waals surface area contributed by atoms with Gasteiger partial charge in [0.05, 0.1) is 6.10 Å². The van der Waals surface area contributed by atoms with E-state index in [2.05, 4.69) is 26.8 Å². The lowest BCUT2D eigenvalue weighted by Gasteiger charge is -2.60. The van der Waals surface area contributed by atoms with Gasteiger partial charge >= 0.3 is 0 Å². The molecule has 0 spiro atoms. The number of hydrogen-bond acceptors (Lipinski definition) is 4. The van der Waals surface area contributed by atoms with Crippen molar-refractivity contribution in [2.45, 2.75) is 59.0 Å². The van der Waals surface area contributed by atoms with Gasteiger partial charge in [-0.2, -0.15) is 0 Å². The van der Waals surface area contributed by atoms with E-state index in [0.29, 0.717) is 30.6 Å². The van der Waals surface area contributed by atoms with Crippen LogP contribution < -0.4 is 0 Å². The zero-order valence-corrected chi connectivity index (χ0v) is 16.1. The predicted octanol–water partition coefficient (Wildman–Crippen LogP) is 2.77. The number of ketones is 2. The number of allylic oxidation sites excluding steroid dienone is 2. The van der Waals surface area contributed by atoms with Gasteiger partial charge < -0.3 is 10.2 Å². The van der Waals surface area contributed by atoms with E-state index in [0.717, 1.165) is 19.3 Å². The molecule has 9 atom stereocenters. The summed E-state index contributed by atoms with van der Waals surface area (Å²) in [5, 5.41) is 20.7. The van der Waals surface area contributed by atoms with Crippen molar-refractivity contribution in [2.24, 2.45) is 46.3 Å². The first-order valence-electron chi connectivity index (χ1n) is 10.3. The number of fused-ring (bicyclic) bond motifs is 5. The van der Waals surface area contributed by atoms with Crippen LogP contribution in [0.1, 0.15) is 52.9 Å². The number of Topliss-reactive ketones (excluding diaryl/α,β-unsaturated/α-hetero) is 1. The predicted molar refractivity (Wildman–Crippen MR) is 98.2 cm³/mol. The minimum absolute atomic E-state index is 0.0591. The maximum absolute atomic E-state index is 12.5. The van der Waals surface area contributed by atoms with E-state index in [-0.39, 0.29) is 40.2 Å². The summed E-state index contributed by atoms with van der Waals surface area (Å²) in [6.07, 6.45) is 7.67. The summed E-state index contributed by atoms with van der Waals surface area (Å²) in [6.45, 7) is 6.15. The number of aliphatic hydroxyl groups is 2. The quantitative estimate of drug-likeness (QED) is 0.794. The smallest absolute Gasteiger partial charge is 0.162 e. The van der Waals surface area contributed by atoms with Crippen LogP contribution in [0.5, 0.6) is 0 Å². The minimum atomic E-state index is -0.453. The van der Waals surface area contributed by atoms with Gasteiger partial charge in [0.1, 0.15) is 6.61 Å². The molecular weight excluding hydrogens is 328 g/mol. The normalized spacial score (nSPS) is 53.0. The Bertz CT molecular complexity index is 655. The molecule has 0 saturated heterocycles. The average Bonchev–Trinajstić information content (AvgIpc) is 2.84. The van der Waals surface area contributed by atoms with Crippen LogP contribution >= 0.6 is 0 Å². The standard InChI is InChI=1S/C22H32O4/c1-12-8-16-15-5-4-13-9-14(24)6-7-21(13,2)20(15)17(25)10-22(16,3)19(12)18(26)11-23/h6-7,12-13,15-17,19-20,23,25H,4-5,8-11H2,1-3H3/t12-,13?,15-,16-,17-,19?,20?,21-,22-/m0/s1. The average molecular weight is 360 g/mol. The Labute approximate surface area is 156 Å². The van der Waals surface area contributed by atoms with Crippen LogP contribution in [0.4, 0.5) is 0 Å². The summed E-state index contributed by atoms with van der Waals surface area (Å²) in [5.41, 5.74) is -0.350. The molecule has 0 radical (unpaired) electrons. The van der Waals surface area contributed by atoms with Crippen LogP contribution in [0.25, 0.3) is 0 Å². The Morgan fingerprint density at radius 1 is 1.31 bits per heavy atom. The summed E-state index contributed by atoms with van der Waals surface area (Å²) in [7, 11) is 0. The number of aliphatic hydroxyl groups excluding tert-OH is 2. The van der Waals surface area contributed by atoms with Gasteiger partial charge in [-0.1, -0.05) is 26.8 Å². The second kappa shape index (κ2) is 6.00. The highest BCUT2D eigenvalue weighted by Gasteiger charge is 2.64. The van der Waals surface area contributed by atoms with Crippen molar-refractivity contribution < 1.29 is 19.8 Å². The maximum Gasteiger partial charge on any atom is 0.162 e. The highest BCUT2D eigenvalue weighted by molar-refractivity contribution is 5.91. The van der Waals surface area contributed by atoms with Crippen molar-refractivity contribution in [1.82, 2.24) is 0 Å². The molecule has 0 aromatic heterocycles. The van der Waals surface area contributed by atoms with Crippen LogP contribution in [0.2, 0.25) is 0 Å². The SMILES string of the molecule is C[C@H]1C[C@H]2[C@@H]3CCC4CC(=O)C=C[C@]4(C)C3[C@@H](O)C[C@]2(C)C1C(=O)CO. The molecule has 3 fully saturated rings. The summed E-state index contributed by atoms with van der Waals surface area (Å²) >= 11 is 0. The topological polar surface area (TPSA) is 74.6 Å². The highest BCUT2D eigenvalue weighted by atomic mass is 16.3. The second-order valence-electron chi connectivity index (χ2n) is 10.0. The molecule has 0 aromatic rings. The van der Waals surface area contributed by atoms with Gasteiger partial charge in [-0.3, -0.25) is 9.59 Å². The van der Waals surface area contributed by atoms with Crippen molar-refractivity contribution in [1.29, 1.82) is 0 Å². The summed E-state index contributed by atoms with van der Waals surface area (Å²) < 4.78 is 0. The van der Waals surface area contributed by atoms with E-state index in [1.165, 1.54) is 0 Å². The van der Waals surface area contributed by atoms with Crippen LogP contribution in [0.15, 0.2) is 12.2 Å². The molecule has 4 rings (SSSR count). The number of carbonyl (C=O) groups is 2. The molecule has 3 unspecified atom stereocenters. The third kappa shape index (κ3) is 2.34. The first-order chi connectivity index (χ1) is 12.2. The molecule has 4 nitrogen and oxygen atoms in total. The summed E-state index contributed by atoms with van der Waals surface area (Å²) in [5.74, 6) is 1.55. The van der Waals surface area contributed by atoms with Gasteiger partial charge in [-0.05, 0) is 72.2 Å². The highest BCUT2D eigenvalue weighted by Crippen LogP contribution is 2.67. The maximum atomic E-state index is 12.5. The molecule has 0 amide bonds. The Kier molecular flexibility index (Phi) is 4.24. The molecule has 0 aromatic carbocycles. The fourth-order valence-electron chi connectivity index (χ4n) is 7.91. The van der Waals surface area contributed by atoms with Gasteiger partial charge in [0.15, 0.2) is 11.6 Å². The Morgan fingerprint density at radius 2 is 2.04 bits per heavy atom. The fourth-order valence-corrected chi connectivity index (χ4v) is 7.91. The molecule has 3 saturated carbocycles. The van der Waals surface area contributed by atoms with Gasteiger partial charge in [-0.25, -0.2) is 0 Å². The largest absolute Gasteiger partial charge is 0.393 e. The summed E-state index contributed by atoms with van der Waals surface area (Å²) in [4.78, 5) is 24.4. The Morgan fingerprint density at radius 3 is 2.73 bits per heavy atom. The van der Waals surface area contributed by atoms with Gasteiger partial charge in [0.25, 0.3) is 0 Å². The summed E-state index contributed by atoms with van der Waals surface area (Å²) in [6, 6.07) is 0. The van der Waals surface area contributed by atoms with E-state index >= 15 is 0 Å². The third-order valence-electron chi connectivity index (χ3n) is 8.82. The molecule has 4 aliphatic carbocycles. The zero-order chi connectivity index (χ0) is 18.9. The number of carbonyl (C=O) groups excluding carboxylic acids is 2. The lowest BCUT2D eigenvalue weighted by molar-refractivity contribution is -0.157. The zero-order valence-electron chi connectivity index (χ0n) is 16.1. The van der Waals surface area contributed by atoms with Crippen molar-refractivity contribution in [3.05, 3.63) is 12.2 Å². The van der Waals surface area contributed by atoms with E-state index in [1.807, 2.05) is 0 Å². The molecule has 2 N–H and O–H groups in total. The van der Waals surface area contributed by atoms with Crippen molar-refractivity contribution in [3.8, 4) is 0 Å². The van der Waals surface area contributed by atoms with Crippen molar-refractivity contribution in [2.75, 3.05) is 6.61 Å². The van der Waals surface area contributed by atoms with E-state index < -0.39 is 12.7 Å². The third-order valence-corrected chi connectivity index (χ3v) is 8.82. The van der Waals surface area contributed by atoms with Gasteiger partial charge in [0.2, 0.25) is 0 Å². The Hall–Kier alpha value is -1.00. The lowest BCUT2D eigenvalue weighted by Crippen LogP contribution is -2.58. The Balaban J connectivity index is 1.72. The number of hydrogen-bond donors (Lipinski definition) is 2. The fraction of sp³-hybridized carbons (Fsp3) is 0.818. The second-order valence-corrected chi connectivity index (χ2v) is 10.0. The molecule has 4 heteroatoms. The van der Waals surface area contributed by atoms with Crippen molar-refractivity contribution >= 4 is 11.6 Å². The molecule has 0 heterocycles. The number of rotatable bonds is 2. The molecule has 0 aliphatic heterocycles. The first kappa shape index (κ1) is 18.4. The lowest BCUT2D eigenvalue weighted by atomic mass is 9.45. The molecule has 144 valence electrons. The first-order valence-corrected chi connectivity index (χ1v) is 10.3. The van der Waals surface area contributed by atoms with E-state index in [4.69, 9.17) is 0 Å². The van der Waals surface area contributed by atoms with Gasteiger partial charge in [-0.15, -0.1) is 0 Å². The van der Waals surface area contributed by atoms with E-state index in [9.17, 15) is 19.8 Å². The van der Waals surface area contributed by atoms with Crippen LogP contribution in [-0.4, -0.2) is 34.5 Å². The minimum Gasteiger partial charge on any atom is -0.393 e. The monoisotopic (exact) mass is 360 g/mol. The van der Waals surface area contributed by atoms with E-state index in [1.54, 1.807) is 6.08 Å². The van der Waals surface area contributed by atoms with Gasteiger partial charge in [0, 0.05) is 12.3 Å².